The number of quaternary nitrogens is 1. The molecule has 0 bridgehead atoms. The molecule has 0 aromatic heterocycles. The average molecular weight is 437 g/mol. The third-order valence-corrected chi connectivity index (χ3v) is 5.98. The van der Waals surface area contributed by atoms with E-state index in [1.807, 2.05) is 20.8 Å². The maximum absolute atomic E-state index is 13.4. The Balaban J connectivity index is 2.18. The number of nitro groups is 1. The number of likely N-dealkylation sites (tertiary alicyclic amines) is 1. The van der Waals surface area contributed by atoms with E-state index in [0.29, 0.717) is 6.54 Å². The molecule has 0 radical (unpaired) electrons. The molecule has 1 aliphatic heterocycles. The van der Waals surface area contributed by atoms with Gasteiger partial charge in [0.15, 0.2) is 0 Å². The van der Waals surface area contributed by atoms with Crippen LogP contribution in [-0.4, -0.2) is 47.7 Å². The molecule has 8 heteroatoms. The van der Waals surface area contributed by atoms with Crippen molar-refractivity contribution in [2.45, 2.75) is 26.8 Å². The van der Waals surface area contributed by atoms with Crippen LogP contribution in [0.2, 0.25) is 0 Å². The molecule has 1 aliphatic rings. The number of nitrogens with zero attached hydrogens (tertiary/aromatic N) is 2. The van der Waals surface area contributed by atoms with Crippen LogP contribution in [-0.2, 0) is 9.59 Å². The highest BCUT2D eigenvalue weighted by atomic mass is 16.6. The molecule has 0 saturated carbocycles. The van der Waals surface area contributed by atoms with E-state index in [-0.39, 0.29) is 28.9 Å². The predicted molar refractivity (Wildman–Crippen MR) is 118 cm³/mol. The maximum Gasteiger partial charge on any atom is 0.295 e. The molecule has 32 heavy (non-hydrogen) atoms. The first-order valence-electron chi connectivity index (χ1n) is 10.7. The van der Waals surface area contributed by atoms with Crippen molar-refractivity contribution < 1.29 is 24.5 Å². The van der Waals surface area contributed by atoms with Crippen LogP contribution in [0, 0.1) is 17.0 Å². The summed E-state index contributed by atoms with van der Waals surface area (Å²) in [6.07, 6.45) is 0. The summed E-state index contributed by atoms with van der Waals surface area (Å²) in [4.78, 5) is 39.7. The Hall–Kier alpha value is -3.52. The third kappa shape index (κ3) is 4.40. The molecule has 8 nitrogen and oxygen atoms in total. The summed E-state index contributed by atoms with van der Waals surface area (Å²) in [6.45, 7) is 8.36. The second-order valence-corrected chi connectivity index (χ2v) is 7.86. The summed E-state index contributed by atoms with van der Waals surface area (Å²) in [5.74, 6) is -2.27. The van der Waals surface area contributed by atoms with Crippen LogP contribution in [0.4, 0.5) is 5.69 Å². The second kappa shape index (κ2) is 9.74. The molecular formula is C24H27N3O5. The number of carbonyl (C=O) groups excluding carboxylic acids is 2. The first-order chi connectivity index (χ1) is 15.3. The Morgan fingerprint density at radius 1 is 1.06 bits per heavy atom. The zero-order valence-corrected chi connectivity index (χ0v) is 18.5. The minimum atomic E-state index is -1.10. The van der Waals surface area contributed by atoms with Crippen LogP contribution < -0.4 is 10.0 Å². The molecule has 168 valence electrons. The van der Waals surface area contributed by atoms with Crippen LogP contribution in [0.25, 0.3) is 5.76 Å². The van der Waals surface area contributed by atoms with Crippen LogP contribution >= 0.6 is 0 Å². The first kappa shape index (κ1) is 23.1. The SMILES string of the molecule is CC[NH+](CC)CCN1C(=O)C(=O)C(=C([O-])c2ccc(C)cc2)C1c1ccccc1[N+](=O)[O-]. The van der Waals surface area contributed by atoms with E-state index >= 15 is 0 Å². The van der Waals surface area contributed by atoms with Gasteiger partial charge in [0, 0.05) is 11.6 Å². The monoisotopic (exact) mass is 437 g/mol. The quantitative estimate of drug-likeness (QED) is 0.218. The molecule has 1 saturated heterocycles. The minimum Gasteiger partial charge on any atom is -0.872 e. The van der Waals surface area contributed by atoms with Crippen molar-refractivity contribution in [2.75, 3.05) is 26.2 Å². The standard InChI is InChI=1S/C24H27N3O5/c1-4-25(5-2)14-15-26-21(18-8-6-7-9-19(18)27(31)32)20(23(29)24(26)30)22(28)17-12-10-16(3)11-13-17/h6-13,21,28H,4-5,14-15H2,1-3H3. The summed E-state index contributed by atoms with van der Waals surface area (Å²) in [7, 11) is 0. The number of nitro benzene ring substituents is 1. The van der Waals surface area contributed by atoms with Crippen molar-refractivity contribution in [2.24, 2.45) is 0 Å². The van der Waals surface area contributed by atoms with E-state index < -0.39 is 28.4 Å². The van der Waals surface area contributed by atoms with Crippen molar-refractivity contribution in [3.05, 3.63) is 80.9 Å². The topological polar surface area (TPSA) is 108 Å². The molecule has 1 unspecified atom stereocenters. The molecule has 3 rings (SSSR count). The first-order valence-corrected chi connectivity index (χ1v) is 10.7. The van der Waals surface area contributed by atoms with Crippen LogP contribution in [0.3, 0.4) is 0 Å². The van der Waals surface area contributed by atoms with E-state index in [1.165, 1.54) is 28.0 Å². The predicted octanol–water partition coefficient (Wildman–Crippen LogP) is 1.05. The zero-order valence-electron chi connectivity index (χ0n) is 18.5. The Labute approximate surface area is 186 Å². The molecule has 1 fully saturated rings. The van der Waals surface area contributed by atoms with Crippen LogP contribution in [0.1, 0.15) is 36.6 Å². The van der Waals surface area contributed by atoms with Crippen molar-refractivity contribution in [3.8, 4) is 0 Å². The van der Waals surface area contributed by atoms with Gasteiger partial charge in [0.25, 0.3) is 11.6 Å². The summed E-state index contributed by atoms with van der Waals surface area (Å²) in [5, 5.41) is 25.1. The zero-order chi connectivity index (χ0) is 23.4. The lowest BCUT2D eigenvalue weighted by atomic mass is 9.94. The molecule has 2 aromatic rings. The van der Waals surface area contributed by atoms with E-state index in [1.54, 1.807) is 30.3 Å². The Bertz CT molecular complexity index is 1060. The van der Waals surface area contributed by atoms with Gasteiger partial charge >= 0.3 is 0 Å². The molecular weight excluding hydrogens is 410 g/mol. The summed E-state index contributed by atoms with van der Waals surface area (Å²) >= 11 is 0. The number of amides is 1. The number of likely N-dealkylation sites (N-methyl/N-ethyl adjacent to an activating group) is 1. The average Bonchev–Trinajstić information content (AvgIpc) is 3.04. The number of hydrogen-bond acceptors (Lipinski definition) is 5. The number of carbonyl (C=O) groups is 2. The summed E-state index contributed by atoms with van der Waals surface area (Å²) < 4.78 is 0. The minimum absolute atomic E-state index is 0.168. The number of nitrogens with one attached hydrogen (secondary N) is 1. The number of benzene rings is 2. The summed E-state index contributed by atoms with van der Waals surface area (Å²) in [5.41, 5.74) is 0.921. The smallest absolute Gasteiger partial charge is 0.295 e. The van der Waals surface area contributed by atoms with Gasteiger partial charge in [-0.15, -0.1) is 0 Å². The normalized spacial score (nSPS) is 17.9. The van der Waals surface area contributed by atoms with Gasteiger partial charge in [-0.25, -0.2) is 0 Å². The Morgan fingerprint density at radius 2 is 1.69 bits per heavy atom. The van der Waals surface area contributed by atoms with Crippen molar-refractivity contribution in [1.29, 1.82) is 0 Å². The number of ketones is 1. The lowest BCUT2D eigenvalue weighted by Crippen LogP contribution is -3.12. The van der Waals surface area contributed by atoms with E-state index in [2.05, 4.69) is 0 Å². The number of rotatable bonds is 8. The van der Waals surface area contributed by atoms with Gasteiger partial charge in [-0.05, 0) is 32.4 Å². The van der Waals surface area contributed by atoms with Gasteiger partial charge in [-0.3, -0.25) is 19.7 Å². The largest absolute Gasteiger partial charge is 0.872 e. The molecule has 0 spiro atoms. The highest BCUT2D eigenvalue weighted by molar-refractivity contribution is 6.46. The third-order valence-electron chi connectivity index (χ3n) is 5.98. The summed E-state index contributed by atoms with van der Waals surface area (Å²) in [6, 6.07) is 11.6. The van der Waals surface area contributed by atoms with E-state index in [0.717, 1.165) is 18.7 Å². The van der Waals surface area contributed by atoms with Crippen LogP contribution in [0.5, 0.6) is 0 Å². The van der Waals surface area contributed by atoms with Crippen molar-refractivity contribution >= 4 is 23.1 Å². The maximum atomic E-state index is 13.4. The lowest BCUT2D eigenvalue weighted by Gasteiger charge is -2.28. The number of Topliss-reactive ketones (excluding diaryl/α,β-unsaturated/α-hetero) is 1. The molecule has 0 aliphatic carbocycles. The van der Waals surface area contributed by atoms with Crippen molar-refractivity contribution in [3.63, 3.8) is 0 Å². The van der Waals surface area contributed by atoms with Crippen LogP contribution in [0.15, 0.2) is 54.1 Å². The van der Waals surface area contributed by atoms with Gasteiger partial charge in [0.2, 0.25) is 5.78 Å². The molecule has 1 amide bonds. The molecule has 1 atom stereocenters. The molecule has 2 aromatic carbocycles. The van der Waals surface area contributed by atoms with Gasteiger partial charge in [0.1, 0.15) is 0 Å². The number of hydrogen-bond donors (Lipinski definition) is 1. The van der Waals surface area contributed by atoms with Gasteiger partial charge in [-0.1, -0.05) is 47.7 Å². The fraction of sp³-hybridized carbons (Fsp3) is 0.333. The highest BCUT2D eigenvalue weighted by Crippen LogP contribution is 2.41. The molecule has 1 heterocycles. The Morgan fingerprint density at radius 3 is 2.28 bits per heavy atom. The number of para-hydroxylation sites is 1. The Kier molecular flexibility index (Phi) is 7.05. The number of aryl methyl sites for hydroxylation is 1. The van der Waals surface area contributed by atoms with Gasteiger partial charge in [0.05, 0.1) is 42.7 Å². The van der Waals surface area contributed by atoms with Crippen molar-refractivity contribution in [1.82, 2.24) is 4.90 Å². The van der Waals surface area contributed by atoms with Gasteiger partial charge < -0.3 is 14.9 Å². The fourth-order valence-corrected chi connectivity index (χ4v) is 4.05. The van der Waals surface area contributed by atoms with Gasteiger partial charge in [-0.2, -0.15) is 0 Å². The second-order valence-electron chi connectivity index (χ2n) is 7.86. The highest BCUT2D eigenvalue weighted by Gasteiger charge is 2.46. The van der Waals surface area contributed by atoms with E-state index in [4.69, 9.17) is 0 Å². The lowest BCUT2D eigenvalue weighted by molar-refractivity contribution is -0.895. The molecule has 1 N–H and O–H groups in total. The van der Waals surface area contributed by atoms with E-state index in [9.17, 15) is 24.8 Å². The fourth-order valence-electron chi connectivity index (χ4n) is 4.05.